The fraction of sp³-hybridized carbons (Fsp3) is 0.250. The Morgan fingerprint density at radius 1 is 0.900 bits per heavy atom. The van der Waals surface area contributed by atoms with Crippen molar-refractivity contribution in [3.05, 3.63) is 60.2 Å². The van der Waals surface area contributed by atoms with Crippen LogP contribution in [0.4, 0.5) is 0 Å². The molecule has 0 aromatic heterocycles. The van der Waals surface area contributed by atoms with Crippen molar-refractivity contribution >= 4 is 0 Å². The van der Waals surface area contributed by atoms with Crippen LogP contribution in [0.2, 0.25) is 0 Å². The van der Waals surface area contributed by atoms with Gasteiger partial charge in [0.2, 0.25) is 0 Å². The molecule has 0 heterocycles. The van der Waals surface area contributed by atoms with E-state index in [4.69, 9.17) is 9.47 Å². The first-order valence-corrected chi connectivity index (χ1v) is 6.40. The highest BCUT2D eigenvalue weighted by Crippen LogP contribution is 2.25. The Kier molecular flexibility index (Phi) is 7.17. The summed E-state index contributed by atoms with van der Waals surface area (Å²) in [6.07, 6.45) is 0. The molecule has 4 heteroatoms. The average molecular weight is 274 g/mol. The highest BCUT2D eigenvalue weighted by Gasteiger charge is 2.01. The quantitative estimate of drug-likeness (QED) is 0.762. The van der Waals surface area contributed by atoms with Crippen molar-refractivity contribution in [3.63, 3.8) is 0 Å². The molecule has 0 radical (unpaired) electrons. The van der Waals surface area contributed by atoms with Gasteiger partial charge in [-0.2, -0.15) is 0 Å². The van der Waals surface area contributed by atoms with Gasteiger partial charge in [-0.1, -0.05) is 42.5 Å². The molecule has 2 rings (SSSR count). The van der Waals surface area contributed by atoms with Crippen molar-refractivity contribution in [3.8, 4) is 11.5 Å². The summed E-state index contributed by atoms with van der Waals surface area (Å²) in [5.41, 5.74) is 1.28. The van der Waals surface area contributed by atoms with Gasteiger partial charge in [0.15, 0.2) is 11.5 Å². The maximum Gasteiger partial charge on any atom is 0.161 e. The molecule has 0 bridgehead atoms. The number of methoxy groups -OCH3 is 1. The Balaban J connectivity index is 0.00000200. The lowest BCUT2D eigenvalue weighted by Crippen LogP contribution is -2.20. The SMILES string of the molecule is COc1ccccc1OCCNCc1ccccc1.N. The second kappa shape index (κ2) is 8.96. The minimum absolute atomic E-state index is 0. The van der Waals surface area contributed by atoms with Crippen LogP contribution in [0.15, 0.2) is 54.6 Å². The summed E-state index contributed by atoms with van der Waals surface area (Å²) in [6, 6.07) is 18.0. The number of hydrogen-bond acceptors (Lipinski definition) is 4. The number of benzene rings is 2. The van der Waals surface area contributed by atoms with E-state index in [1.807, 2.05) is 42.5 Å². The zero-order valence-electron chi connectivity index (χ0n) is 11.8. The van der Waals surface area contributed by atoms with Crippen LogP contribution in [0.25, 0.3) is 0 Å². The maximum atomic E-state index is 5.68. The molecule has 0 atom stereocenters. The average Bonchev–Trinajstić information content (AvgIpc) is 2.48. The maximum absolute atomic E-state index is 5.68. The van der Waals surface area contributed by atoms with Gasteiger partial charge in [-0.15, -0.1) is 0 Å². The molecular formula is C16H22N2O2. The predicted molar refractivity (Wildman–Crippen MR) is 81.7 cm³/mol. The molecule has 0 amide bonds. The predicted octanol–water partition coefficient (Wildman–Crippen LogP) is 3.03. The van der Waals surface area contributed by atoms with E-state index in [-0.39, 0.29) is 6.15 Å². The minimum Gasteiger partial charge on any atom is -0.493 e. The van der Waals surface area contributed by atoms with Crippen LogP contribution < -0.4 is 20.9 Å². The van der Waals surface area contributed by atoms with Crippen molar-refractivity contribution in [1.82, 2.24) is 11.5 Å². The van der Waals surface area contributed by atoms with Crippen LogP contribution in [0.3, 0.4) is 0 Å². The molecule has 0 saturated carbocycles. The van der Waals surface area contributed by atoms with Crippen molar-refractivity contribution in [2.45, 2.75) is 6.54 Å². The van der Waals surface area contributed by atoms with Crippen molar-refractivity contribution in [2.24, 2.45) is 0 Å². The van der Waals surface area contributed by atoms with Crippen LogP contribution in [0, 0.1) is 0 Å². The lowest BCUT2D eigenvalue weighted by Gasteiger charge is -2.10. The van der Waals surface area contributed by atoms with Gasteiger partial charge < -0.3 is 20.9 Å². The lowest BCUT2D eigenvalue weighted by atomic mass is 10.2. The summed E-state index contributed by atoms with van der Waals surface area (Å²) in [7, 11) is 1.65. The fourth-order valence-electron chi connectivity index (χ4n) is 1.80. The molecule has 0 aliphatic heterocycles. The Hall–Kier alpha value is -2.04. The van der Waals surface area contributed by atoms with Gasteiger partial charge in [0.25, 0.3) is 0 Å². The van der Waals surface area contributed by atoms with Gasteiger partial charge in [-0.25, -0.2) is 0 Å². The Morgan fingerprint density at radius 3 is 2.25 bits per heavy atom. The van der Waals surface area contributed by atoms with Crippen LogP contribution in [0.1, 0.15) is 5.56 Å². The van der Waals surface area contributed by atoms with Gasteiger partial charge >= 0.3 is 0 Å². The molecule has 0 unspecified atom stereocenters. The highest BCUT2D eigenvalue weighted by atomic mass is 16.5. The molecular weight excluding hydrogens is 252 g/mol. The van der Waals surface area contributed by atoms with E-state index in [2.05, 4.69) is 17.4 Å². The lowest BCUT2D eigenvalue weighted by molar-refractivity contribution is 0.292. The van der Waals surface area contributed by atoms with E-state index < -0.39 is 0 Å². The molecule has 20 heavy (non-hydrogen) atoms. The number of rotatable bonds is 7. The van der Waals surface area contributed by atoms with E-state index in [1.54, 1.807) is 7.11 Å². The first-order chi connectivity index (χ1) is 9.40. The molecule has 0 fully saturated rings. The summed E-state index contributed by atoms with van der Waals surface area (Å²) < 4.78 is 10.9. The summed E-state index contributed by atoms with van der Waals surface area (Å²) in [5, 5.41) is 3.34. The van der Waals surface area contributed by atoms with Crippen LogP contribution in [-0.2, 0) is 6.54 Å². The second-order valence-electron chi connectivity index (χ2n) is 4.16. The Bertz CT molecular complexity index is 489. The topological polar surface area (TPSA) is 65.5 Å². The van der Waals surface area contributed by atoms with Gasteiger partial charge in [0, 0.05) is 13.1 Å². The molecule has 0 aliphatic rings. The first kappa shape index (κ1) is 16.0. The van der Waals surface area contributed by atoms with Gasteiger partial charge in [0.05, 0.1) is 7.11 Å². The number of nitrogens with one attached hydrogen (secondary N) is 1. The number of ether oxygens (including phenoxy) is 2. The minimum atomic E-state index is 0. The fourth-order valence-corrected chi connectivity index (χ4v) is 1.80. The highest BCUT2D eigenvalue weighted by molar-refractivity contribution is 5.39. The van der Waals surface area contributed by atoms with E-state index in [0.717, 1.165) is 24.6 Å². The third-order valence-electron chi connectivity index (χ3n) is 2.78. The van der Waals surface area contributed by atoms with Gasteiger partial charge in [-0.05, 0) is 17.7 Å². The molecule has 2 aromatic rings. The van der Waals surface area contributed by atoms with Gasteiger partial charge in [0.1, 0.15) is 6.61 Å². The van der Waals surface area contributed by atoms with Crippen LogP contribution in [0.5, 0.6) is 11.5 Å². The third-order valence-corrected chi connectivity index (χ3v) is 2.78. The van der Waals surface area contributed by atoms with Crippen molar-refractivity contribution < 1.29 is 9.47 Å². The van der Waals surface area contributed by atoms with E-state index in [0.29, 0.717) is 6.61 Å². The van der Waals surface area contributed by atoms with Crippen LogP contribution >= 0.6 is 0 Å². The molecule has 4 N–H and O–H groups in total. The summed E-state index contributed by atoms with van der Waals surface area (Å²) in [4.78, 5) is 0. The molecule has 108 valence electrons. The van der Waals surface area contributed by atoms with E-state index in [9.17, 15) is 0 Å². The largest absolute Gasteiger partial charge is 0.493 e. The first-order valence-electron chi connectivity index (χ1n) is 6.40. The second-order valence-corrected chi connectivity index (χ2v) is 4.16. The summed E-state index contributed by atoms with van der Waals surface area (Å²) in [5.74, 6) is 1.55. The molecule has 2 aromatic carbocycles. The normalized spacial score (nSPS) is 9.65. The van der Waals surface area contributed by atoms with E-state index >= 15 is 0 Å². The van der Waals surface area contributed by atoms with Crippen LogP contribution in [-0.4, -0.2) is 20.3 Å². The number of hydrogen-bond donors (Lipinski definition) is 2. The third kappa shape index (κ3) is 4.91. The standard InChI is InChI=1S/C16H19NO2.H3N/c1-18-15-9-5-6-10-16(15)19-12-11-17-13-14-7-3-2-4-8-14;/h2-10,17H,11-13H2,1H3;1H3. The van der Waals surface area contributed by atoms with Crippen molar-refractivity contribution in [1.29, 1.82) is 0 Å². The number of para-hydroxylation sites is 2. The molecule has 0 spiro atoms. The smallest absolute Gasteiger partial charge is 0.161 e. The molecule has 0 aliphatic carbocycles. The zero-order chi connectivity index (χ0) is 13.3. The molecule has 4 nitrogen and oxygen atoms in total. The zero-order valence-corrected chi connectivity index (χ0v) is 11.8. The summed E-state index contributed by atoms with van der Waals surface area (Å²) >= 11 is 0. The molecule has 0 saturated heterocycles. The Morgan fingerprint density at radius 2 is 1.55 bits per heavy atom. The van der Waals surface area contributed by atoms with E-state index in [1.165, 1.54) is 5.56 Å². The summed E-state index contributed by atoms with van der Waals surface area (Å²) in [6.45, 7) is 2.27. The monoisotopic (exact) mass is 274 g/mol. The van der Waals surface area contributed by atoms with Gasteiger partial charge in [-0.3, -0.25) is 0 Å². The van der Waals surface area contributed by atoms with Crippen molar-refractivity contribution in [2.75, 3.05) is 20.3 Å². The Labute approximate surface area is 120 Å².